The number of alkyl halides is 3. The summed E-state index contributed by atoms with van der Waals surface area (Å²) in [6.07, 6.45) is -4.00. The van der Waals surface area contributed by atoms with Gasteiger partial charge in [0.15, 0.2) is 0 Å². The van der Waals surface area contributed by atoms with Gasteiger partial charge in [0.05, 0.1) is 28.7 Å². The van der Waals surface area contributed by atoms with Crippen molar-refractivity contribution in [3.8, 4) is 0 Å². The monoisotopic (exact) mass is 389 g/mol. The molecule has 142 valence electrons. The van der Waals surface area contributed by atoms with Crippen LogP contribution in [0.1, 0.15) is 36.2 Å². The first-order chi connectivity index (χ1) is 11.9. The van der Waals surface area contributed by atoms with Crippen molar-refractivity contribution >= 4 is 23.5 Å². The van der Waals surface area contributed by atoms with E-state index in [1.807, 2.05) is 13.8 Å². The van der Waals surface area contributed by atoms with Gasteiger partial charge in [-0.2, -0.15) is 13.2 Å². The minimum Gasteiger partial charge on any atom is -0.469 e. The number of hydrogen-bond acceptors (Lipinski definition) is 3. The van der Waals surface area contributed by atoms with Crippen molar-refractivity contribution in [1.82, 2.24) is 4.90 Å². The Morgan fingerprint density at radius 3 is 2.50 bits per heavy atom. The van der Waals surface area contributed by atoms with Crippen LogP contribution in [-0.4, -0.2) is 37.0 Å². The van der Waals surface area contributed by atoms with Crippen LogP contribution in [0.2, 0.25) is 5.02 Å². The molecule has 26 heavy (non-hydrogen) atoms. The minimum atomic E-state index is -4.57. The number of benzene rings is 1. The second-order valence-electron chi connectivity index (χ2n) is 7.74. The lowest BCUT2D eigenvalue weighted by Gasteiger charge is -2.54. The van der Waals surface area contributed by atoms with Crippen molar-refractivity contribution in [2.45, 2.75) is 26.4 Å². The molecule has 1 aliphatic heterocycles. The molecule has 2 fully saturated rings. The Hall–Kier alpha value is -1.76. The van der Waals surface area contributed by atoms with E-state index in [2.05, 4.69) is 0 Å². The van der Waals surface area contributed by atoms with Crippen LogP contribution in [0, 0.1) is 16.7 Å². The number of nitrogens with zero attached hydrogens (tertiary/aromatic N) is 1. The van der Waals surface area contributed by atoms with E-state index in [-0.39, 0.29) is 41.0 Å². The molecule has 0 unspecified atom stereocenters. The molecular weight excluding hydrogens is 371 g/mol. The van der Waals surface area contributed by atoms with E-state index in [1.54, 1.807) is 0 Å². The van der Waals surface area contributed by atoms with Crippen LogP contribution in [0.5, 0.6) is 0 Å². The highest BCUT2D eigenvalue weighted by Gasteiger charge is 2.68. The van der Waals surface area contributed by atoms with Gasteiger partial charge in [0, 0.05) is 13.1 Å². The van der Waals surface area contributed by atoms with E-state index in [9.17, 15) is 22.8 Å². The third-order valence-electron chi connectivity index (χ3n) is 5.66. The van der Waals surface area contributed by atoms with Crippen molar-refractivity contribution in [3.63, 3.8) is 0 Å². The molecule has 0 radical (unpaired) electrons. The average molecular weight is 390 g/mol. The fourth-order valence-corrected chi connectivity index (χ4v) is 4.76. The molecule has 3 rings (SSSR count). The molecule has 1 aliphatic carbocycles. The second-order valence-corrected chi connectivity index (χ2v) is 8.15. The zero-order chi connectivity index (χ0) is 19.5. The Bertz CT molecular complexity index is 777. The largest absolute Gasteiger partial charge is 0.469 e. The van der Waals surface area contributed by atoms with E-state index in [0.29, 0.717) is 6.42 Å². The molecule has 1 amide bonds. The molecule has 0 aromatic heterocycles. The number of hydrogen-bond donors (Lipinski definition) is 0. The van der Waals surface area contributed by atoms with Crippen molar-refractivity contribution in [3.05, 3.63) is 34.3 Å². The molecule has 0 spiro atoms. The number of halogens is 4. The van der Waals surface area contributed by atoms with Crippen LogP contribution < -0.4 is 0 Å². The SMILES string of the molecule is COC(=O)[C@@]12CN(C(=O)c3cc(C(F)(F)F)ccc3Cl)C[C@@H]1C(C)(C)C2. The lowest BCUT2D eigenvalue weighted by molar-refractivity contribution is -0.174. The summed E-state index contributed by atoms with van der Waals surface area (Å²) in [4.78, 5) is 26.6. The Kier molecular flexibility index (Phi) is 4.30. The first-order valence-corrected chi connectivity index (χ1v) is 8.54. The summed E-state index contributed by atoms with van der Waals surface area (Å²) >= 11 is 5.98. The predicted octanol–water partition coefficient (Wildman–Crippen LogP) is 4.02. The molecule has 1 saturated carbocycles. The Balaban J connectivity index is 1.92. The Morgan fingerprint density at radius 1 is 1.31 bits per heavy atom. The van der Waals surface area contributed by atoms with Gasteiger partial charge < -0.3 is 9.64 Å². The minimum absolute atomic E-state index is 0.0476. The summed E-state index contributed by atoms with van der Waals surface area (Å²) in [7, 11) is 1.30. The summed E-state index contributed by atoms with van der Waals surface area (Å²) < 4.78 is 43.8. The quantitative estimate of drug-likeness (QED) is 0.718. The number of ether oxygens (including phenoxy) is 1. The standard InChI is InChI=1S/C18H19ClF3NO3/c1-16(2)8-17(15(25)26-3)9-23(7-13(16)17)14(24)11-6-10(18(20,21)22)4-5-12(11)19/h4-6,13H,7-9H2,1-3H3/t13-,17+/m1/s1. The van der Waals surface area contributed by atoms with Gasteiger partial charge in [-0.25, -0.2) is 0 Å². The van der Waals surface area contributed by atoms with Gasteiger partial charge in [0.1, 0.15) is 0 Å². The number of fused-ring (bicyclic) bond motifs is 1. The fraction of sp³-hybridized carbons (Fsp3) is 0.556. The lowest BCUT2D eigenvalue weighted by Crippen LogP contribution is -2.57. The van der Waals surface area contributed by atoms with Gasteiger partial charge >= 0.3 is 12.1 Å². The summed E-state index contributed by atoms with van der Waals surface area (Å²) in [5, 5.41) is -0.0476. The van der Waals surface area contributed by atoms with Crippen LogP contribution in [0.4, 0.5) is 13.2 Å². The molecule has 8 heteroatoms. The van der Waals surface area contributed by atoms with Gasteiger partial charge in [-0.05, 0) is 36.0 Å². The summed E-state index contributed by atoms with van der Waals surface area (Å²) in [5.41, 5.74) is -2.08. The number of carbonyl (C=O) groups excluding carboxylic acids is 2. The van der Waals surface area contributed by atoms with E-state index < -0.39 is 23.1 Å². The van der Waals surface area contributed by atoms with Gasteiger partial charge in [-0.1, -0.05) is 25.4 Å². The molecular formula is C18H19ClF3NO3. The number of methoxy groups -OCH3 is 1. The molecule has 1 aromatic carbocycles. The topological polar surface area (TPSA) is 46.6 Å². The van der Waals surface area contributed by atoms with E-state index in [1.165, 1.54) is 12.0 Å². The number of rotatable bonds is 2. The molecule has 2 aliphatic rings. The van der Waals surface area contributed by atoms with Crippen LogP contribution in [0.25, 0.3) is 0 Å². The van der Waals surface area contributed by atoms with Gasteiger partial charge in [0.2, 0.25) is 0 Å². The highest BCUT2D eigenvalue weighted by atomic mass is 35.5. The molecule has 1 heterocycles. The van der Waals surface area contributed by atoms with Crippen molar-refractivity contribution < 1.29 is 27.5 Å². The van der Waals surface area contributed by atoms with Gasteiger partial charge in [-0.15, -0.1) is 0 Å². The van der Waals surface area contributed by atoms with E-state index >= 15 is 0 Å². The van der Waals surface area contributed by atoms with E-state index in [4.69, 9.17) is 16.3 Å². The predicted molar refractivity (Wildman–Crippen MR) is 88.7 cm³/mol. The number of amides is 1. The number of likely N-dealkylation sites (tertiary alicyclic amines) is 1. The van der Waals surface area contributed by atoms with Crippen molar-refractivity contribution in [1.29, 1.82) is 0 Å². The van der Waals surface area contributed by atoms with Crippen molar-refractivity contribution in [2.24, 2.45) is 16.7 Å². The lowest BCUT2D eigenvalue weighted by atomic mass is 9.48. The number of carbonyl (C=O) groups is 2. The zero-order valence-electron chi connectivity index (χ0n) is 14.6. The van der Waals surface area contributed by atoms with E-state index in [0.717, 1.165) is 18.2 Å². The van der Waals surface area contributed by atoms with Crippen molar-refractivity contribution in [2.75, 3.05) is 20.2 Å². The van der Waals surface area contributed by atoms with Crippen LogP contribution >= 0.6 is 11.6 Å². The highest BCUT2D eigenvalue weighted by Crippen LogP contribution is 2.63. The first kappa shape index (κ1) is 19.0. The summed E-state index contributed by atoms with van der Waals surface area (Å²) in [6.45, 7) is 4.42. The normalized spacial score (nSPS) is 26.9. The molecule has 1 aromatic rings. The van der Waals surface area contributed by atoms with Crippen LogP contribution in [-0.2, 0) is 15.7 Å². The van der Waals surface area contributed by atoms with Crippen LogP contribution in [0.15, 0.2) is 18.2 Å². The molecule has 1 saturated heterocycles. The maximum atomic E-state index is 13.0. The second kappa shape index (κ2) is 5.87. The van der Waals surface area contributed by atoms with Crippen LogP contribution in [0.3, 0.4) is 0 Å². The third-order valence-corrected chi connectivity index (χ3v) is 5.99. The molecule has 2 atom stereocenters. The maximum absolute atomic E-state index is 13.0. The highest BCUT2D eigenvalue weighted by molar-refractivity contribution is 6.33. The number of esters is 1. The molecule has 0 bridgehead atoms. The summed E-state index contributed by atoms with van der Waals surface area (Å²) in [6, 6.07) is 2.68. The molecule has 0 N–H and O–H groups in total. The van der Waals surface area contributed by atoms with Gasteiger partial charge in [0.25, 0.3) is 5.91 Å². The molecule has 4 nitrogen and oxygen atoms in total. The Morgan fingerprint density at radius 2 is 1.96 bits per heavy atom. The maximum Gasteiger partial charge on any atom is 0.416 e. The first-order valence-electron chi connectivity index (χ1n) is 8.17. The third kappa shape index (κ3) is 2.76. The Labute approximate surface area is 154 Å². The zero-order valence-corrected chi connectivity index (χ0v) is 15.4. The van der Waals surface area contributed by atoms with Gasteiger partial charge in [-0.3, -0.25) is 9.59 Å². The average Bonchev–Trinajstić information content (AvgIpc) is 2.88. The fourth-order valence-electron chi connectivity index (χ4n) is 4.56. The summed E-state index contributed by atoms with van der Waals surface area (Å²) in [5.74, 6) is -1.09. The smallest absolute Gasteiger partial charge is 0.416 e.